The first-order valence-corrected chi connectivity index (χ1v) is 6.85. The van der Waals surface area contributed by atoms with E-state index < -0.39 is 5.97 Å². The molecule has 2 aromatic rings. The van der Waals surface area contributed by atoms with E-state index in [1.54, 1.807) is 18.2 Å². The van der Waals surface area contributed by atoms with E-state index in [9.17, 15) is 4.79 Å². The number of rotatable bonds is 2. The highest BCUT2D eigenvalue weighted by atomic mass is 32.2. The van der Waals surface area contributed by atoms with Gasteiger partial charge in [-0.3, -0.25) is 0 Å². The van der Waals surface area contributed by atoms with Crippen LogP contribution in [0.3, 0.4) is 0 Å². The van der Waals surface area contributed by atoms with Gasteiger partial charge in [0, 0.05) is 0 Å². The maximum Gasteiger partial charge on any atom is 0.335 e. The van der Waals surface area contributed by atoms with Crippen molar-refractivity contribution in [1.82, 2.24) is 4.98 Å². The fraction of sp³-hybridized carbons (Fsp3) is 0.385. The predicted molar refractivity (Wildman–Crippen MR) is 70.0 cm³/mol. The lowest BCUT2D eigenvalue weighted by Gasteiger charge is -2.17. The molecule has 1 aromatic carbocycles. The Labute approximate surface area is 108 Å². The molecule has 0 spiro atoms. The highest BCUT2D eigenvalue weighted by molar-refractivity contribution is 8.00. The molecule has 0 radical (unpaired) electrons. The van der Waals surface area contributed by atoms with E-state index in [1.165, 1.54) is 6.42 Å². The topological polar surface area (TPSA) is 63.3 Å². The predicted octanol–water partition coefficient (Wildman–Crippen LogP) is 3.27. The molecule has 3 rings (SSSR count). The maximum atomic E-state index is 10.9. The van der Waals surface area contributed by atoms with Crippen molar-refractivity contribution in [2.75, 3.05) is 5.75 Å². The van der Waals surface area contributed by atoms with Gasteiger partial charge in [-0.25, -0.2) is 9.78 Å². The van der Waals surface area contributed by atoms with Crippen LogP contribution in [0.25, 0.3) is 11.1 Å². The second-order valence-corrected chi connectivity index (χ2v) is 6.29. The van der Waals surface area contributed by atoms with Gasteiger partial charge in [0.1, 0.15) is 5.52 Å². The number of carboxylic acid groups (broad SMARTS) is 1. The molecule has 1 unspecified atom stereocenters. The van der Waals surface area contributed by atoms with Crippen molar-refractivity contribution in [2.45, 2.75) is 24.5 Å². The molecule has 1 fully saturated rings. The van der Waals surface area contributed by atoms with Gasteiger partial charge in [-0.15, -0.1) is 11.8 Å². The average Bonchev–Trinajstić information content (AvgIpc) is 2.94. The van der Waals surface area contributed by atoms with Crippen molar-refractivity contribution >= 4 is 28.8 Å². The number of carbonyl (C=O) groups is 1. The van der Waals surface area contributed by atoms with Crippen molar-refractivity contribution in [1.29, 1.82) is 0 Å². The molecule has 18 heavy (non-hydrogen) atoms. The molecule has 1 N–H and O–H groups in total. The highest BCUT2D eigenvalue weighted by Crippen LogP contribution is 2.46. The van der Waals surface area contributed by atoms with Gasteiger partial charge in [-0.05, 0) is 43.7 Å². The summed E-state index contributed by atoms with van der Waals surface area (Å²) >= 11 is 1.85. The molecule has 4 nitrogen and oxygen atoms in total. The average molecular weight is 263 g/mol. The lowest BCUT2D eigenvalue weighted by atomic mass is 10.1. The number of aromatic carboxylic acids is 1. The molecule has 1 aliphatic heterocycles. The van der Waals surface area contributed by atoms with Crippen LogP contribution in [0.2, 0.25) is 0 Å². The smallest absolute Gasteiger partial charge is 0.335 e. The van der Waals surface area contributed by atoms with Crippen LogP contribution in [0.15, 0.2) is 22.6 Å². The summed E-state index contributed by atoms with van der Waals surface area (Å²) in [6.45, 7) is 2.13. The van der Waals surface area contributed by atoms with Gasteiger partial charge in [0.2, 0.25) is 5.89 Å². The minimum atomic E-state index is -0.942. The third kappa shape index (κ3) is 1.79. The molecule has 1 aromatic heterocycles. The molecule has 0 amide bonds. The van der Waals surface area contributed by atoms with Crippen molar-refractivity contribution < 1.29 is 14.3 Å². The van der Waals surface area contributed by atoms with Gasteiger partial charge < -0.3 is 9.52 Å². The normalized spacial score (nSPS) is 23.6. The van der Waals surface area contributed by atoms with Crippen molar-refractivity contribution in [2.24, 2.45) is 0 Å². The van der Waals surface area contributed by atoms with E-state index in [-0.39, 0.29) is 10.3 Å². The Bertz CT molecular complexity index is 614. The van der Waals surface area contributed by atoms with E-state index in [1.807, 2.05) is 11.8 Å². The first-order valence-electron chi connectivity index (χ1n) is 5.87. The molecule has 2 heterocycles. The van der Waals surface area contributed by atoms with Crippen LogP contribution in [0, 0.1) is 0 Å². The van der Waals surface area contributed by atoms with E-state index in [0.29, 0.717) is 17.0 Å². The highest BCUT2D eigenvalue weighted by Gasteiger charge is 2.36. The Hall–Kier alpha value is -1.49. The molecular formula is C13H13NO3S. The summed E-state index contributed by atoms with van der Waals surface area (Å²) in [7, 11) is 0. The number of thioether (sulfide) groups is 1. The summed E-state index contributed by atoms with van der Waals surface area (Å²) in [5, 5.41) is 8.95. The molecule has 0 saturated carbocycles. The molecule has 94 valence electrons. The zero-order chi connectivity index (χ0) is 12.8. The number of oxazole rings is 1. The summed E-state index contributed by atoms with van der Waals surface area (Å²) in [5.74, 6) is 0.890. The summed E-state index contributed by atoms with van der Waals surface area (Å²) in [6, 6.07) is 4.79. The maximum absolute atomic E-state index is 10.9. The van der Waals surface area contributed by atoms with Crippen molar-refractivity contribution in [3.63, 3.8) is 0 Å². The van der Waals surface area contributed by atoms with E-state index in [0.717, 1.165) is 12.2 Å². The zero-order valence-electron chi connectivity index (χ0n) is 9.97. The Kier molecular flexibility index (Phi) is 2.59. The molecule has 1 saturated heterocycles. The number of hydrogen-bond acceptors (Lipinski definition) is 4. The SMILES string of the molecule is CC1(c2nc3cc(C(=O)O)ccc3o2)CCCS1. The van der Waals surface area contributed by atoms with Crippen LogP contribution < -0.4 is 0 Å². The molecule has 0 bridgehead atoms. The van der Waals surface area contributed by atoms with Gasteiger partial charge >= 0.3 is 5.97 Å². The lowest BCUT2D eigenvalue weighted by Crippen LogP contribution is -2.12. The monoisotopic (exact) mass is 263 g/mol. The lowest BCUT2D eigenvalue weighted by molar-refractivity contribution is 0.0697. The first-order chi connectivity index (χ1) is 8.58. The summed E-state index contributed by atoms with van der Waals surface area (Å²) in [5.41, 5.74) is 1.52. The molecule has 0 aliphatic carbocycles. The fourth-order valence-corrected chi connectivity index (χ4v) is 3.47. The van der Waals surface area contributed by atoms with Gasteiger partial charge in [-0.1, -0.05) is 0 Å². The largest absolute Gasteiger partial charge is 0.478 e. The summed E-state index contributed by atoms with van der Waals surface area (Å²) in [6.07, 6.45) is 2.22. The van der Waals surface area contributed by atoms with E-state index in [4.69, 9.17) is 9.52 Å². The van der Waals surface area contributed by atoms with Crippen molar-refractivity contribution in [3.05, 3.63) is 29.7 Å². The van der Waals surface area contributed by atoms with Gasteiger partial charge in [0.25, 0.3) is 0 Å². The van der Waals surface area contributed by atoms with E-state index >= 15 is 0 Å². The minimum absolute atomic E-state index is 0.0671. The third-order valence-electron chi connectivity index (χ3n) is 3.31. The fourth-order valence-electron chi connectivity index (χ4n) is 2.23. The molecule has 5 heteroatoms. The standard InChI is InChI=1S/C13H13NO3S/c1-13(5-2-6-18-13)12-14-9-7-8(11(15)16)3-4-10(9)17-12/h3-4,7H,2,5-6H2,1H3,(H,15,16). The number of carboxylic acids is 1. The number of fused-ring (bicyclic) bond motifs is 1. The van der Waals surface area contributed by atoms with Gasteiger partial charge in [-0.2, -0.15) is 0 Å². The van der Waals surface area contributed by atoms with Gasteiger partial charge in [0.15, 0.2) is 5.58 Å². The van der Waals surface area contributed by atoms with E-state index in [2.05, 4.69) is 11.9 Å². The second kappa shape index (κ2) is 4.02. The molecule has 1 atom stereocenters. The third-order valence-corrected chi connectivity index (χ3v) is 4.81. The Balaban J connectivity index is 2.08. The Morgan fingerprint density at radius 3 is 3.06 bits per heavy atom. The van der Waals surface area contributed by atoms with Crippen LogP contribution >= 0.6 is 11.8 Å². The number of nitrogens with zero attached hydrogens (tertiary/aromatic N) is 1. The minimum Gasteiger partial charge on any atom is -0.478 e. The Morgan fingerprint density at radius 2 is 2.39 bits per heavy atom. The number of hydrogen-bond donors (Lipinski definition) is 1. The summed E-state index contributed by atoms with van der Waals surface area (Å²) < 4.78 is 5.70. The number of aromatic nitrogens is 1. The zero-order valence-corrected chi connectivity index (χ0v) is 10.8. The van der Waals surface area contributed by atoms with Crippen LogP contribution in [0.4, 0.5) is 0 Å². The quantitative estimate of drug-likeness (QED) is 0.900. The number of benzene rings is 1. The second-order valence-electron chi connectivity index (χ2n) is 4.69. The summed E-state index contributed by atoms with van der Waals surface area (Å²) in [4.78, 5) is 15.4. The van der Waals surface area contributed by atoms with Crippen LogP contribution in [-0.2, 0) is 4.75 Å². The molecular weight excluding hydrogens is 250 g/mol. The van der Waals surface area contributed by atoms with Crippen LogP contribution in [-0.4, -0.2) is 21.8 Å². The van der Waals surface area contributed by atoms with Crippen molar-refractivity contribution in [3.8, 4) is 0 Å². The van der Waals surface area contributed by atoms with Gasteiger partial charge in [0.05, 0.1) is 10.3 Å². The van der Waals surface area contributed by atoms with Crippen LogP contribution in [0.1, 0.15) is 36.0 Å². The Morgan fingerprint density at radius 1 is 1.56 bits per heavy atom. The van der Waals surface area contributed by atoms with Crippen LogP contribution in [0.5, 0.6) is 0 Å². The first kappa shape index (κ1) is 11.6. The molecule has 1 aliphatic rings.